The number of carbonyl (C=O) groups excluding carboxylic acids is 1. The molecule has 2 rings (SSSR count). The molecule has 2 saturated heterocycles. The maximum Gasteiger partial charge on any atom is 0.312 e. The highest BCUT2D eigenvalue weighted by atomic mass is 16.6. The number of nitrogens with one attached hydrogen (secondary N) is 2. The number of piperidine rings is 1. The van der Waals surface area contributed by atoms with Crippen molar-refractivity contribution in [3.63, 3.8) is 0 Å². The van der Waals surface area contributed by atoms with E-state index >= 15 is 0 Å². The van der Waals surface area contributed by atoms with Gasteiger partial charge in [0.15, 0.2) is 6.23 Å². The summed E-state index contributed by atoms with van der Waals surface area (Å²) in [5.74, 6) is -0.130. The number of esters is 1. The van der Waals surface area contributed by atoms with Crippen LogP contribution in [0.2, 0.25) is 0 Å². The second kappa shape index (κ2) is 6.41. The monoisotopic (exact) mass is 283 g/mol. The molecule has 0 radical (unpaired) electrons. The highest BCUT2D eigenvalue weighted by molar-refractivity contribution is 5.75. The summed E-state index contributed by atoms with van der Waals surface area (Å²) >= 11 is 0. The van der Waals surface area contributed by atoms with Gasteiger partial charge < -0.3 is 15.0 Å². The van der Waals surface area contributed by atoms with Crippen LogP contribution in [0.5, 0.6) is 0 Å². The number of likely N-dealkylation sites (tertiary alicyclic amines) is 1. The predicted molar refractivity (Wildman–Crippen MR) is 79.4 cm³/mol. The van der Waals surface area contributed by atoms with Gasteiger partial charge in [-0.2, -0.15) is 0 Å². The zero-order chi connectivity index (χ0) is 14.8. The molecule has 2 fully saturated rings. The molecule has 2 atom stereocenters. The Morgan fingerprint density at radius 2 is 1.90 bits per heavy atom. The number of rotatable bonds is 3. The van der Waals surface area contributed by atoms with Gasteiger partial charge in [-0.05, 0) is 53.8 Å². The molecule has 0 amide bonds. The van der Waals surface area contributed by atoms with Crippen molar-refractivity contribution in [3.8, 4) is 0 Å². The minimum atomic E-state index is -0.429. The zero-order valence-corrected chi connectivity index (χ0v) is 13.2. The molecule has 0 aromatic heterocycles. The summed E-state index contributed by atoms with van der Waals surface area (Å²) in [4.78, 5) is 14.2. The van der Waals surface area contributed by atoms with Crippen LogP contribution in [-0.2, 0) is 9.53 Å². The molecule has 0 spiro atoms. The van der Waals surface area contributed by atoms with Crippen LogP contribution in [0.3, 0.4) is 0 Å². The van der Waals surface area contributed by atoms with Gasteiger partial charge in [0.1, 0.15) is 0 Å². The summed E-state index contributed by atoms with van der Waals surface area (Å²) in [5, 5.41) is 6.99. The fourth-order valence-electron chi connectivity index (χ4n) is 2.73. The molecule has 2 heterocycles. The third-order valence-corrected chi connectivity index (χ3v) is 4.14. The zero-order valence-electron chi connectivity index (χ0n) is 13.2. The van der Waals surface area contributed by atoms with Crippen molar-refractivity contribution in [2.45, 2.75) is 58.3 Å². The molecule has 2 N–H and O–H groups in total. The highest BCUT2D eigenvalue weighted by Gasteiger charge is 2.32. The minimum absolute atomic E-state index is 0.130. The SMILES string of the molecule is CN1CCC(N[C@@H]2CNC(OC(=O)C(C)(C)C)C2)CC1. The fourth-order valence-corrected chi connectivity index (χ4v) is 2.73. The van der Waals surface area contributed by atoms with E-state index in [9.17, 15) is 4.79 Å². The van der Waals surface area contributed by atoms with Gasteiger partial charge in [0.05, 0.1) is 5.41 Å². The molecule has 20 heavy (non-hydrogen) atoms. The van der Waals surface area contributed by atoms with E-state index in [2.05, 4.69) is 22.6 Å². The Balaban J connectivity index is 1.71. The number of ether oxygens (including phenoxy) is 1. The lowest BCUT2D eigenvalue weighted by molar-refractivity contribution is -0.159. The Morgan fingerprint density at radius 1 is 1.25 bits per heavy atom. The molecule has 0 aromatic carbocycles. The van der Waals surface area contributed by atoms with Gasteiger partial charge in [0.25, 0.3) is 0 Å². The van der Waals surface area contributed by atoms with E-state index in [1.54, 1.807) is 0 Å². The smallest absolute Gasteiger partial charge is 0.312 e. The summed E-state index contributed by atoms with van der Waals surface area (Å²) in [7, 11) is 2.18. The summed E-state index contributed by atoms with van der Waals surface area (Å²) in [6.45, 7) is 8.88. The van der Waals surface area contributed by atoms with Crippen molar-refractivity contribution < 1.29 is 9.53 Å². The summed E-state index contributed by atoms with van der Waals surface area (Å²) < 4.78 is 5.51. The molecule has 0 aliphatic carbocycles. The van der Waals surface area contributed by atoms with Crippen LogP contribution in [0.15, 0.2) is 0 Å². The van der Waals surface area contributed by atoms with Crippen molar-refractivity contribution in [2.75, 3.05) is 26.7 Å². The van der Waals surface area contributed by atoms with Gasteiger partial charge in [-0.1, -0.05) is 0 Å². The largest absolute Gasteiger partial charge is 0.446 e. The van der Waals surface area contributed by atoms with E-state index in [-0.39, 0.29) is 12.2 Å². The van der Waals surface area contributed by atoms with Crippen molar-refractivity contribution in [1.82, 2.24) is 15.5 Å². The molecule has 0 aromatic rings. The van der Waals surface area contributed by atoms with E-state index in [0.29, 0.717) is 12.1 Å². The van der Waals surface area contributed by atoms with Gasteiger partial charge in [0.2, 0.25) is 0 Å². The Hall–Kier alpha value is -0.650. The van der Waals surface area contributed by atoms with Crippen LogP contribution >= 0.6 is 0 Å². The minimum Gasteiger partial charge on any atom is -0.446 e. The number of nitrogens with zero attached hydrogens (tertiary/aromatic N) is 1. The summed E-state index contributed by atoms with van der Waals surface area (Å²) in [5.41, 5.74) is -0.429. The van der Waals surface area contributed by atoms with Gasteiger partial charge in [-0.3, -0.25) is 10.1 Å². The van der Waals surface area contributed by atoms with Crippen LogP contribution in [0, 0.1) is 5.41 Å². The number of hydrogen-bond donors (Lipinski definition) is 2. The first-order chi connectivity index (χ1) is 9.34. The van der Waals surface area contributed by atoms with Crippen molar-refractivity contribution in [1.29, 1.82) is 0 Å². The average Bonchev–Trinajstić information content (AvgIpc) is 2.78. The first-order valence-electron chi connectivity index (χ1n) is 7.73. The van der Waals surface area contributed by atoms with Crippen LogP contribution in [0.4, 0.5) is 0 Å². The Labute approximate surface area is 122 Å². The lowest BCUT2D eigenvalue weighted by Crippen LogP contribution is -2.45. The van der Waals surface area contributed by atoms with E-state index < -0.39 is 5.41 Å². The molecular formula is C15H29N3O2. The van der Waals surface area contributed by atoms with Crippen LogP contribution in [-0.4, -0.2) is 55.9 Å². The Kier molecular flexibility index (Phi) is 5.04. The van der Waals surface area contributed by atoms with E-state index in [0.717, 1.165) is 13.0 Å². The summed E-state index contributed by atoms with van der Waals surface area (Å²) in [6.07, 6.45) is 3.15. The second-order valence-electron chi connectivity index (χ2n) is 7.23. The van der Waals surface area contributed by atoms with Crippen molar-refractivity contribution in [2.24, 2.45) is 5.41 Å². The normalized spacial score (nSPS) is 29.6. The lowest BCUT2D eigenvalue weighted by atomic mass is 9.97. The number of carbonyl (C=O) groups is 1. The van der Waals surface area contributed by atoms with E-state index in [1.807, 2.05) is 20.8 Å². The molecule has 0 bridgehead atoms. The molecule has 2 aliphatic heterocycles. The molecular weight excluding hydrogens is 254 g/mol. The van der Waals surface area contributed by atoms with Crippen LogP contribution in [0.25, 0.3) is 0 Å². The van der Waals surface area contributed by atoms with Gasteiger partial charge in [0, 0.05) is 25.0 Å². The summed E-state index contributed by atoms with van der Waals surface area (Å²) in [6, 6.07) is 1.02. The first-order valence-corrected chi connectivity index (χ1v) is 7.73. The third kappa shape index (κ3) is 4.43. The maximum atomic E-state index is 11.9. The van der Waals surface area contributed by atoms with Gasteiger partial charge >= 0.3 is 5.97 Å². The molecule has 5 heteroatoms. The van der Waals surface area contributed by atoms with Gasteiger partial charge in [-0.25, -0.2) is 0 Å². The van der Waals surface area contributed by atoms with E-state index in [4.69, 9.17) is 4.74 Å². The average molecular weight is 283 g/mol. The lowest BCUT2D eigenvalue weighted by Gasteiger charge is -2.31. The fraction of sp³-hybridized carbons (Fsp3) is 0.933. The standard InChI is InChI=1S/C15H29N3O2/c1-15(2,3)14(19)20-13-9-12(10-16-13)17-11-5-7-18(4)8-6-11/h11-13,16-17H,5-10H2,1-4H3/t12-,13?/m0/s1. The molecule has 1 unspecified atom stereocenters. The van der Waals surface area contributed by atoms with Crippen LogP contribution < -0.4 is 10.6 Å². The number of hydrogen-bond acceptors (Lipinski definition) is 5. The highest BCUT2D eigenvalue weighted by Crippen LogP contribution is 2.19. The second-order valence-corrected chi connectivity index (χ2v) is 7.23. The first kappa shape index (κ1) is 15.7. The maximum absolute atomic E-state index is 11.9. The molecule has 0 saturated carbocycles. The Bertz CT molecular complexity index is 333. The van der Waals surface area contributed by atoms with E-state index in [1.165, 1.54) is 25.9 Å². The molecule has 2 aliphatic rings. The Morgan fingerprint density at radius 3 is 2.50 bits per heavy atom. The van der Waals surface area contributed by atoms with Gasteiger partial charge in [-0.15, -0.1) is 0 Å². The van der Waals surface area contributed by atoms with Crippen molar-refractivity contribution >= 4 is 5.97 Å². The third-order valence-electron chi connectivity index (χ3n) is 4.14. The topological polar surface area (TPSA) is 53.6 Å². The molecule has 116 valence electrons. The molecule has 5 nitrogen and oxygen atoms in total. The van der Waals surface area contributed by atoms with Crippen molar-refractivity contribution in [3.05, 3.63) is 0 Å². The van der Waals surface area contributed by atoms with Crippen LogP contribution in [0.1, 0.15) is 40.0 Å². The predicted octanol–water partition coefficient (Wildman–Crippen LogP) is 0.948. The quantitative estimate of drug-likeness (QED) is 0.755.